The summed E-state index contributed by atoms with van der Waals surface area (Å²) in [6.45, 7) is 15.6. The molecule has 0 bridgehead atoms. The van der Waals surface area contributed by atoms with E-state index in [1.54, 1.807) is 0 Å². The van der Waals surface area contributed by atoms with Crippen LogP contribution in [0.4, 0.5) is 5.69 Å². The first kappa shape index (κ1) is 25.5. The van der Waals surface area contributed by atoms with Gasteiger partial charge in [0.1, 0.15) is 37.1 Å². The zero-order valence-corrected chi connectivity index (χ0v) is 21.5. The van der Waals surface area contributed by atoms with Gasteiger partial charge in [0, 0.05) is 6.54 Å². The van der Waals surface area contributed by atoms with E-state index in [9.17, 15) is 0 Å². The number of hydrogen-bond donors (Lipinski definition) is 1. The fraction of sp³-hybridized carbons (Fsp3) is 0.400. The van der Waals surface area contributed by atoms with Gasteiger partial charge in [-0.25, -0.2) is 0 Å². The van der Waals surface area contributed by atoms with Gasteiger partial charge in [-0.1, -0.05) is 84.0 Å². The van der Waals surface area contributed by atoms with Crippen LogP contribution in [0.5, 0.6) is 17.2 Å². The molecule has 34 heavy (non-hydrogen) atoms. The van der Waals surface area contributed by atoms with Crippen LogP contribution in [-0.2, 0) is 10.8 Å². The van der Waals surface area contributed by atoms with Crippen LogP contribution in [0.2, 0.25) is 0 Å². The SMILES string of the molecule is CC(C)(C)c1ccc(OCCNc2ccccc2OCCOc2ccccc2)c(C(C)(C)C)c1. The van der Waals surface area contributed by atoms with Gasteiger partial charge in [0.15, 0.2) is 0 Å². The molecule has 3 aromatic carbocycles. The van der Waals surface area contributed by atoms with Gasteiger partial charge in [0.05, 0.1) is 5.69 Å². The molecule has 3 rings (SSSR count). The summed E-state index contributed by atoms with van der Waals surface area (Å²) < 4.78 is 17.9. The molecule has 0 aliphatic heterocycles. The van der Waals surface area contributed by atoms with Gasteiger partial charge in [0.25, 0.3) is 0 Å². The fourth-order valence-corrected chi connectivity index (χ4v) is 3.62. The van der Waals surface area contributed by atoms with Crippen molar-refractivity contribution in [2.24, 2.45) is 0 Å². The predicted molar refractivity (Wildman–Crippen MR) is 142 cm³/mol. The summed E-state index contributed by atoms with van der Waals surface area (Å²) in [6, 6.07) is 24.3. The lowest BCUT2D eigenvalue weighted by Crippen LogP contribution is -2.19. The monoisotopic (exact) mass is 461 g/mol. The standard InChI is InChI=1S/C30H39NO3/c1-29(2,3)23-16-17-27(25(22-23)30(4,5)6)33-19-18-31-26-14-10-11-15-28(26)34-21-20-32-24-12-8-7-9-13-24/h7-17,22,31H,18-21H2,1-6H3. The Kier molecular flexibility index (Phi) is 8.49. The Morgan fingerprint density at radius 1 is 0.618 bits per heavy atom. The molecule has 0 aliphatic rings. The second kappa shape index (κ2) is 11.3. The topological polar surface area (TPSA) is 39.7 Å². The molecule has 0 radical (unpaired) electrons. The summed E-state index contributed by atoms with van der Waals surface area (Å²) >= 11 is 0. The van der Waals surface area contributed by atoms with Crippen LogP contribution in [0.3, 0.4) is 0 Å². The summed E-state index contributed by atoms with van der Waals surface area (Å²) in [4.78, 5) is 0. The molecule has 0 atom stereocenters. The molecule has 0 amide bonds. The van der Waals surface area contributed by atoms with Crippen LogP contribution >= 0.6 is 0 Å². The third-order valence-corrected chi connectivity index (χ3v) is 5.57. The minimum atomic E-state index is 0.00623. The Bertz CT molecular complexity index is 1030. The minimum absolute atomic E-state index is 0.00623. The first-order valence-electron chi connectivity index (χ1n) is 12.1. The number of ether oxygens (including phenoxy) is 3. The van der Waals surface area contributed by atoms with Crippen LogP contribution in [-0.4, -0.2) is 26.4 Å². The average molecular weight is 462 g/mol. The quantitative estimate of drug-likeness (QED) is 0.323. The highest BCUT2D eigenvalue weighted by Crippen LogP contribution is 2.35. The van der Waals surface area contributed by atoms with Crippen molar-refractivity contribution < 1.29 is 14.2 Å². The summed E-state index contributed by atoms with van der Waals surface area (Å²) in [7, 11) is 0. The molecule has 0 unspecified atom stereocenters. The largest absolute Gasteiger partial charge is 0.491 e. The molecule has 182 valence electrons. The molecule has 4 heteroatoms. The Labute approximate surface area is 205 Å². The van der Waals surface area contributed by atoms with Gasteiger partial charge >= 0.3 is 0 Å². The Balaban J connectivity index is 1.53. The van der Waals surface area contributed by atoms with Crippen molar-refractivity contribution in [3.63, 3.8) is 0 Å². The second-order valence-electron chi connectivity index (χ2n) is 10.5. The van der Waals surface area contributed by atoms with Gasteiger partial charge in [-0.2, -0.15) is 0 Å². The number of rotatable bonds is 10. The maximum atomic E-state index is 6.22. The molecule has 0 aliphatic carbocycles. The molecule has 0 saturated carbocycles. The molecular weight excluding hydrogens is 422 g/mol. The highest BCUT2D eigenvalue weighted by molar-refractivity contribution is 5.56. The van der Waals surface area contributed by atoms with Gasteiger partial charge in [-0.3, -0.25) is 0 Å². The number of anilines is 1. The molecule has 4 nitrogen and oxygen atoms in total. The van der Waals surface area contributed by atoms with Crippen LogP contribution in [0.1, 0.15) is 52.7 Å². The number of para-hydroxylation sites is 3. The zero-order valence-electron chi connectivity index (χ0n) is 21.5. The van der Waals surface area contributed by atoms with Crippen LogP contribution in [0.25, 0.3) is 0 Å². The first-order chi connectivity index (χ1) is 16.1. The van der Waals surface area contributed by atoms with Crippen molar-refractivity contribution >= 4 is 5.69 Å². The average Bonchev–Trinajstić information content (AvgIpc) is 2.80. The second-order valence-corrected chi connectivity index (χ2v) is 10.5. The minimum Gasteiger partial charge on any atom is -0.491 e. The van der Waals surface area contributed by atoms with E-state index in [4.69, 9.17) is 14.2 Å². The van der Waals surface area contributed by atoms with Crippen LogP contribution in [0.15, 0.2) is 72.8 Å². The van der Waals surface area contributed by atoms with E-state index in [0.29, 0.717) is 26.4 Å². The first-order valence-corrected chi connectivity index (χ1v) is 12.1. The third kappa shape index (κ3) is 7.44. The Morgan fingerprint density at radius 2 is 1.26 bits per heavy atom. The summed E-state index contributed by atoms with van der Waals surface area (Å²) in [6.07, 6.45) is 0. The molecule has 0 fully saturated rings. The van der Waals surface area contributed by atoms with E-state index in [-0.39, 0.29) is 10.8 Å². The number of benzene rings is 3. The smallest absolute Gasteiger partial charge is 0.142 e. The van der Waals surface area contributed by atoms with Crippen molar-refractivity contribution in [2.45, 2.75) is 52.4 Å². The van der Waals surface area contributed by atoms with Gasteiger partial charge in [-0.05, 0) is 52.3 Å². The lowest BCUT2D eigenvalue weighted by molar-refractivity contribution is 0.217. The van der Waals surface area contributed by atoms with E-state index in [2.05, 4.69) is 65.1 Å². The lowest BCUT2D eigenvalue weighted by atomic mass is 9.80. The normalized spacial score (nSPS) is 11.7. The van der Waals surface area contributed by atoms with E-state index >= 15 is 0 Å². The summed E-state index contributed by atoms with van der Waals surface area (Å²) in [5.41, 5.74) is 3.62. The third-order valence-electron chi connectivity index (χ3n) is 5.57. The highest BCUT2D eigenvalue weighted by atomic mass is 16.5. The van der Waals surface area contributed by atoms with Crippen molar-refractivity contribution in [1.82, 2.24) is 0 Å². The van der Waals surface area contributed by atoms with Crippen molar-refractivity contribution in [3.05, 3.63) is 83.9 Å². The van der Waals surface area contributed by atoms with E-state index in [1.165, 1.54) is 11.1 Å². The maximum absolute atomic E-state index is 6.22. The molecule has 0 heterocycles. The zero-order chi connectivity index (χ0) is 24.6. The lowest BCUT2D eigenvalue weighted by Gasteiger charge is -2.27. The van der Waals surface area contributed by atoms with E-state index < -0.39 is 0 Å². The van der Waals surface area contributed by atoms with E-state index in [0.717, 1.165) is 22.9 Å². The van der Waals surface area contributed by atoms with Crippen LogP contribution in [0, 0.1) is 0 Å². The molecular formula is C30H39NO3. The number of hydrogen-bond acceptors (Lipinski definition) is 4. The van der Waals surface area contributed by atoms with E-state index in [1.807, 2.05) is 54.6 Å². The van der Waals surface area contributed by atoms with Crippen molar-refractivity contribution in [1.29, 1.82) is 0 Å². The maximum Gasteiger partial charge on any atom is 0.142 e. The summed E-state index contributed by atoms with van der Waals surface area (Å²) in [5.74, 6) is 2.61. The fourth-order valence-electron chi connectivity index (χ4n) is 3.62. The highest BCUT2D eigenvalue weighted by Gasteiger charge is 2.23. The Hall–Kier alpha value is -3.14. The Morgan fingerprint density at radius 3 is 1.97 bits per heavy atom. The van der Waals surface area contributed by atoms with Gasteiger partial charge in [-0.15, -0.1) is 0 Å². The molecule has 3 aromatic rings. The molecule has 0 aromatic heterocycles. The van der Waals surface area contributed by atoms with Crippen molar-refractivity contribution in [3.8, 4) is 17.2 Å². The van der Waals surface area contributed by atoms with Crippen molar-refractivity contribution in [2.75, 3.05) is 31.7 Å². The predicted octanol–water partition coefficient (Wildman–Crippen LogP) is 7.23. The van der Waals surface area contributed by atoms with Crippen LogP contribution < -0.4 is 19.5 Å². The van der Waals surface area contributed by atoms with Gasteiger partial charge < -0.3 is 19.5 Å². The molecule has 0 saturated heterocycles. The summed E-state index contributed by atoms with van der Waals surface area (Å²) in [5, 5.41) is 3.45. The molecule has 1 N–H and O–H groups in total. The number of nitrogens with one attached hydrogen (secondary N) is 1. The van der Waals surface area contributed by atoms with Gasteiger partial charge in [0.2, 0.25) is 0 Å². The molecule has 0 spiro atoms.